The van der Waals surface area contributed by atoms with Gasteiger partial charge < -0.3 is 10.2 Å². The number of nitrogens with one attached hydrogen (secondary N) is 1. The summed E-state index contributed by atoms with van der Waals surface area (Å²) in [6.45, 7) is 8.14. The molecule has 2 amide bonds. The Bertz CT molecular complexity index is 617. The van der Waals surface area contributed by atoms with E-state index in [4.69, 9.17) is 0 Å². The van der Waals surface area contributed by atoms with Gasteiger partial charge in [0.25, 0.3) is 5.76 Å². The van der Waals surface area contributed by atoms with Gasteiger partial charge in [-0.15, -0.1) is 0 Å². The van der Waals surface area contributed by atoms with Crippen LogP contribution < -0.4 is 5.32 Å². The number of amides is 2. The molecule has 26 heavy (non-hydrogen) atoms. The van der Waals surface area contributed by atoms with Crippen LogP contribution in [0.1, 0.15) is 20.8 Å². The molecular formula is C18H25F2N3O2S. The number of rotatable bonds is 6. The van der Waals surface area contributed by atoms with E-state index >= 15 is 0 Å². The van der Waals surface area contributed by atoms with E-state index in [2.05, 4.69) is 5.32 Å². The van der Waals surface area contributed by atoms with Crippen molar-refractivity contribution in [1.29, 1.82) is 0 Å². The number of carbonyl (C=O) groups is 2. The van der Waals surface area contributed by atoms with E-state index in [0.29, 0.717) is 48.5 Å². The second-order valence-electron chi connectivity index (χ2n) is 6.58. The topological polar surface area (TPSA) is 52.7 Å². The summed E-state index contributed by atoms with van der Waals surface area (Å²) in [6.07, 6.45) is 0. The summed E-state index contributed by atoms with van der Waals surface area (Å²) in [6, 6.07) is 6.03. The third kappa shape index (κ3) is 5.67. The van der Waals surface area contributed by atoms with Gasteiger partial charge in [0.05, 0.1) is 6.04 Å². The smallest absolute Gasteiger partial charge is 0.288 e. The number of piperazine rings is 1. The fourth-order valence-electron chi connectivity index (χ4n) is 2.83. The largest absolute Gasteiger partial charge is 0.340 e. The molecule has 1 saturated heterocycles. The first kappa shape index (κ1) is 20.6. The van der Waals surface area contributed by atoms with Crippen LogP contribution in [0.5, 0.6) is 0 Å². The van der Waals surface area contributed by atoms with E-state index in [9.17, 15) is 18.4 Å². The van der Waals surface area contributed by atoms with Crippen LogP contribution in [0, 0.1) is 5.92 Å². The van der Waals surface area contributed by atoms with Crippen molar-refractivity contribution >= 4 is 29.3 Å². The van der Waals surface area contributed by atoms with Gasteiger partial charge in [-0.3, -0.25) is 14.5 Å². The van der Waals surface area contributed by atoms with Crippen LogP contribution in [0.4, 0.5) is 14.5 Å². The van der Waals surface area contributed by atoms with Gasteiger partial charge in [0.1, 0.15) is 0 Å². The number of anilines is 1. The van der Waals surface area contributed by atoms with Crippen molar-refractivity contribution in [3.05, 3.63) is 24.3 Å². The van der Waals surface area contributed by atoms with E-state index in [0.717, 1.165) is 0 Å². The average molecular weight is 385 g/mol. The number of alkyl halides is 2. The molecule has 1 aromatic rings. The Morgan fingerprint density at radius 1 is 1.04 bits per heavy atom. The first-order chi connectivity index (χ1) is 12.3. The van der Waals surface area contributed by atoms with E-state index in [1.807, 2.05) is 30.6 Å². The third-order valence-corrected chi connectivity index (χ3v) is 5.12. The zero-order chi connectivity index (χ0) is 19.3. The van der Waals surface area contributed by atoms with Crippen LogP contribution in [-0.2, 0) is 9.59 Å². The molecule has 0 spiro atoms. The Hall–Kier alpha value is -1.67. The molecule has 1 heterocycles. The first-order valence-electron chi connectivity index (χ1n) is 8.66. The maximum absolute atomic E-state index is 12.4. The maximum Gasteiger partial charge on any atom is 0.288 e. The molecule has 1 atom stereocenters. The Morgan fingerprint density at radius 2 is 1.62 bits per heavy atom. The predicted octanol–water partition coefficient (Wildman–Crippen LogP) is 3.13. The summed E-state index contributed by atoms with van der Waals surface area (Å²) in [5, 5.41) is 2.81. The highest BCUT2D eigenvalue weighted by Crippen LogP contribution is 2.26. The summed E-state index contributed by atoms with van der Waals surface area (Å²) >= 11 is 0.473. The van der Waals surface area contributed by atoms with Crippen molar-refractivity contribution in [2.24, 2.45) is 5.92 Å². The number of nitrogens with zero attached hydrogens (tertiary/aromatic N) is 2. The lowest BCUT2D eigenvalue weighted by Crippen LogP contribution is -2.54. The summed E-state index contributed by atoms with van der Waals surface area (Å²) in [5.74, 6) is -2.49. The number of hydrogen-bond acceptors (Lipinski definition) is 4. The fourth-order valence-corrected chi connectivity index (χ4v) is 3.33. The predicted molar refractivity (Wildman–Crippen MR) is 99.4 cm³/mol. The highest BCUT2D eigenvalue weighted by molar-refractivity contribution is 7.99. The van der Waals surface area contributed by atoms with Crippen LogP contribution in [0.2, 0.25) is 0 Å². The Morgan fingerprint density at radius 3 is 2.12 bits per heavy atom. The van der Waals surface area contributed by atoms with Crippen molar-refractivity contribution in [3.8, 4) is 0 Å². The molecule has 0 aliphatic carbocycles. The van der Waals surface area contributed by atoms with Crippen LogP contribution in [0.15, 0.2) is 29.2 Å². The molecule has 2 rings (SSSR count). The summed E-state index contributed by atoms with van der Waals surface area (Å²) < 4.78 is 24.7. The third-order valence-electron chi connectivity index (χ3n) is 4.39. The lowest BCUT2D eigenvalue weighted by Gasteiger charge is -2.38. The number of carbonyl (C=O) groups excluding carboxylic acids is 2. The van der Waals surface area contributed by atoms with Gasteiger partial charge in [0.2, 0.25) is 11.8 Å². The molecule has 1 fully saturated rings. The molecule has 8 heteroatoms. The minimum absolute atomic E-state index is 0.0199. The molecule has 5 nitrogen and oxygen atoms in total. The van der Waals surface area contributed by atoms with Gasteiger partial charge in [0.15, 0.2) is 0 Å². The van der Waals surface area contributed by atoms with Crippen LogP contribution in [-0.4, -0.2) is 59.6 Å². The minimum Gasteiger partial charge on any atom is -0.340 e. The maximum atomic E-state index is 12.4. The number of benzene rings is 1. The Kier molecular flexibility index (Phi) is 7.40. The van der Waals surface area contributed by atoms with Gasteiger partial charge in [-0.1, -0.05) is 25.6 Å². The number of hydrogen-bond donors (Lipinski definition) is 1. The van der Waals surface area contributed by atoms with E-state index in [1.165, 1.54) is 0 Å². The Labute approximate surface area is 157 Å². The molecule has 1 aliphatic rings. The monoisotopic (exact) mass is 385 g/mol. The van der Waals surface area contributed by atoms with E-state index < -0.39 is 5.76 Å². The standard InChI is InChI=1S/C18H25F2N3O2S/c1-12(2)17(25)23-10-8-22(9-11-23)13(3)16(24)21-14-4-6-15(7-5-14)26-18(19)20/h4-7,12-13,18H,8-11H2,1-3H3,(H,21,24). The molecule has 0 bridgehead atoms. The zero-order valence-electron chi connectivity index (χ0n) is 15.2. The van der Waals surface area contributed by atoms with Crippen LogP contribution in [0.25, 0.3) is 0 Å². The molecule has 0 radical (unpaired) electrons. The second kappa shape index (κ2) is 9.32. The van der Waals surface area contributed by atoms with Crippen LogP contribution >= 0.6 is 11.8 Å². The van der Waals surface area contributed by atoms with Gasteiger partial charge in [-0.25, -0.2) is 0 Å². The molecule has 1 unspecified atom stereocenters. The minimum atomic E-state index is -2.46. The number of halogens is 2. The van der Waals surface area contributed by atoms with E-state index in [-0.39, 0.29) is 23.8 Å². The van der Waals surface area contributed by atoms with Crippen molar-refractivity contribution in [3.63, 3.8) is 0 Å². The molecule has 144 valence electrons. The van der Waals surface area contributed by atoms with Gasteiger partial charge in [-0.05, 0) is 31.2 Å². The van der Waals surface area contributed by atoms with Crippen molar-refractivity contribution in [1.82, 2.24) is 9.80 Å². The average Bonchev–Trinajstić information content (AvgIpc) is 2.61. The van der Waals surface area contributed by atoms with Crippen molar-refractivity contribution < 1.29 is 18.4 Å². The second-order valence-corrected chi connectivity index (χ2v) is 7.65. The van der Waals surface area contributed by atoms with Gasteiger partial charge in [-0.2, -0.15) is 8.78 Å². The van der Waals surface area contributed by atoms with Crippen molar-refractivity contribution in [2.45, 2.75) is 37.5 Å². The molecule has 0 aromatic heterocycles. The van der Waals surface area contributed by atoms with Gasteiger partial charge in [0, 0.05) is 42.7 Å². The van der Waals surface area contributed by atoms with Crippen LogP contribution in [0.3, 0.4) is 0 Å². The SMILES string of the molecule is CC(C)C(=O)N1CCN(C(C)C(=O)Nc2ccc(SC(F)F)cc2)CC1. The first-order valence-corrected chi connectivity index (χ1v) is 9.54. The molecule has 1 aliphatic heterocycles. The summed E-state index contributed by atoms with van der Waals surface area (Å²) in [7, 11) is 0. The molecule has 1 N–H and O–H groups in total. The summed E-state index contributed by atoms with van der Waals surface area (Å²) in [5.41, 5.74) is 0.578. The molecule has 0 saturated carbocycles. The Balaban J connectivity index is 1.85. The quantitative estimate of drug-likeness (QED) is 0.765. The fraction of sp³-hybridized carbons (Fsp3) is 0.556. The zero-order valence-corrected chi connectivity index (χ0v) is 16.1. The lowest BCUT2D eigenvalue weighted by molar-refractivity contribution is -0.136. The normalized spacial score (nSPS) is 16.8. The highest BCUT2D eigenvalue weighted by Gasteiger charge is 2.28. The van der Waals surface area contributed by atoms with Crippen molar-refractivity contribution in [2.75, 3.05) is 31.5 Å². The van der Waals surface area contributed by atoms with E-state index in [1.54, 1.807) is 24.3 Å². The lowest BCUT2D eigenvalue weighted by atomic mass is 10.1. The highest BCUT2D eigenvalue weighted by atomic mass is 32.2. The summed E-state index contributed by atoms with van der Waals surface area (Å²) in [4.78, 5) is 28.8. The van der Waals surface area contributed by atoms with Gasteiger partial charge >= 0.3 is 0 Å². The number of thioether (sulfide) groups is 1. The molecule has 1 aromatic carbocycles. The molecular weight excluding hydrogens is 360 g/mol.